The zero-order chi connectivity index (χ0) is 14.7. The van der Waals surface area contributed by atoms with E-state index in [1.165, 1.54) is 0 Å². The summed E-state index contributed by atoms with van der Waals surface area (Å²) in [7, 11) is 0. The molecule has 2 atom stereocenters. The molecule has 0 heterocycles. The van der Waals surface area contributed by atoms with Gasteiger partial charge in [-0.2, -0.15) is 11.8 Å². The summed E-state index contributed by atoms with van der Waals surface area (Å²) in [5.74, 6) is 1.30. The van der Waals surface area contributed by atoms with Crippen molar-refractivity contribution in [2.75, 3.05) is 18.1 Å². The molecule has 3 N–H and O–H groups in total. The van der Waals surface area contributed by atoms with Gasteiger partial charge in [0.15, 0.2) is 0 Å². The van der Waals surface area contributed by atoms with Crippen LogP contribution in [0.5, 0.6) is 0 Å². The summed E-state index contributed by atoms with van der Waals surface area (Å²) in [6.45, 7) is 6.43. The number of hydrogen-bond acceptors (Lipinski definition) is 3. The van der Waals surface area contributed by atoms with E-state index in [0.29, 0.717) is 6.54 Å². The molecule has 5 nitrogen and oxygen atoms in total. The first-order chi connectivity index (χ1) is 8.99. The van der Waals surface area contributed by atoms with E-state index in [1.54, 1.807) is 0 Å². The van der Waals surface area contributed by atoms with Gasteiger partial charge >= 0.3 is 12.0 Å². The molecule has 19 heavy (non-hydrogen) atoms. The average molecular weight is 290 g/mol. The Balaban J connectivity index is 3.80. The quantitative estimate of drug-likeness (QED) is 0.540. The summed E-state index contributed by atoms with van der Waals surface area (Å²) >= 11 is 1.86. The van der Waals surface area contributed by atoms with Gasteiger partial charge in [0, 0.05) is 19.0 Å². The van der Waals surface area contributed by atoms with Crippen LogP contribution in [-0.4, -0.2) is 41.2 Å². The molecule has 6 heteroatoms. The molecule has 2 unspecified atom stereocenters. The predicted molar refractivity (Wildman–Crippen MR) is 79.6 cm³/mol. The number of thioether (sulfide) groups is 1. The van der Waals surface area contributed by atoms with Gasteiger partial charge in [0.05, 0.1) is 0 Å². The molecule has 0 aromatic heterocycles. The van der Waals surface area contributed by atoms with Crippen LogP contribution in [0.15, 0.2) is 0 Å². The summed E-state index contributed by atoms with van der Waals surface area (Å²) in [4.78, 5) is 22.2. The second-order valence-electron chi connectivity index (χ2n) is 4.61. The van der Waals surface area contributed by atoms with Gasteiger partial charge in [-0.25, -0.2) is 4.79 Å². The molecule has 0 aliphatic heterocycles. The maximum Gasteiger partial charge on any atom is 0.315 e. The Hall–Kier alpha value is -0.910. The number of carbonyl (C=O) groups is 2. The third-order valence-corrected chi connectivity index (χ3v) is 3.80. The van der Waals surface area contributed by atoms with Gasteiger partial charge in [-0.1, -0.05) is 20.3 Å². The van der Waals surface area contributed by atoms with E-state index in [2.05, 4.69) is 17.6 Å². The van der Waals surface area contributed by atoms with Crippen LogP contribution >= 0.6 is 11.8 Å². The molecule has 112 valence electrons. The molecule has 0 saturated heterocycles. The van der Waals surface area contributed by atoms with Crippen molar-refractivity contribution in [3.05, 3.63) is 0 Å². The Morgan fingerprint density at radius 1 is 1.32 bits per heavy atom. The number of rotatable bonds is 10. The van der Waals surface area contributed by atoms with Crippen molar-refractivity contribution in [3.63, 3.8) is 0 Å². The van der Waals surface area contributed by atoms with Crippen molar-refractivity contribution in [3.8, 4) is 0 Å². The van der Waals surface area contributed by atoms with Gasteiger partial charge in [-0.05, 0) is 30.8 Å². The van der Waals surface area contributed by atoms with Crippen LogP contribution in [-0.2, 0) is 4.79 Å². The standard InChI is InChI=1S/C13H26N2O3S/c1-4-11(8-12(16)17)9-14-13(18)15-10(3)6-7-19-5-2/h10-11H,4-9H2,1-3H3,(H,16,17)(H2,14,15,18). The maximum absolute atomic E-state index is 11.6. The van der Waals surface area contributed by atoms with Gasteiger partial charge in [0.1, 0.15) is 0 Å². The highest BCUT2D eigenvalue weighted by molar-refractivity contribution is 7.99. The maximum atomic E-state index is 11.6. The molecule has 0 aromatic rings. The lowest BCUT2D eigenvalue weighted by Crippen LogP contribution is -2.42. The molecular formula is C13H26N2O3S. The monoisotopic (exact) mass is 290 g/mol. The van der Waals surface area contributed by atoms with Gasteiger partial charge in [0.2, 0.25) is 0 Å². The lowest BCUT2D eigenvalue weighted by Gasteiger charge is -2.17. The van der Waals surface area contributed by atoms with E-state index >= 15 is 0 Å². The minimum absolute atomic E-state index is 0.00537. The number of carbonyl (C=O) groups excluding carboxylic acids is 1. The number of carboxylic acid groups (broad SMARTS) is 1. The molecular weight excluding hydrogens is 264 g/mol. The molecule has 0 aromatic carbocycles. The van der Waals surface area contributed by atoms with Crippen LogP contribution in [0.1, 0.15) is 40.0 Å². The number of carboxylic acids is 1. The normalized spacial score (nSPS) is 13.6. The van der Waals surface area contributed by atoms with E-state index in [-0.39, 0.29) is 24.4 Å². The first kappa shape index (κ1) is 18.1. The summed E-state index contributed by atoms with van der Waals surface area (Å²) in [5, 5.41) is 14.3. The number of hydrogen-bond donors (Lipinski definition) is 3. The first-order valence-electron chi connectivity index (χ1n) is 6.83. The molecule has 0 aliphatic rings. The fraction of sp³-hybridized carbons (Fsp3) is 0.846. The summed E-state index contributed by atoms with van der Waals surface area (Å²) in [6, 6.07) is -0.0727. The van der Waals surface area contributed by atoms with Crippen molar-refractivity contribution in [2.45, 2.75) is 46.1 Å². The van der Waals surface area contributed by atoms with Crippen LogP contribution in [0, 0.1) is 5.92 Å². The van der Waals surface area contributed by atoms with Crippen LogP contribution in [0.4, 0.5) is 4.79 Å². The topological polar surface area (TPSA) is 78.4 Å². The summed E-state index contributed by atoms with van der Waals surface area (Å²) < 4.78 is 0. The first-order valence-corrected chi connectivity index (χ1v) is 7.98. The number of amides is 2. The predicted octanol–water partition coefficient (Wildman–Crippen LogP) is 2.32. The SMILES string of the molecule is CCSCCC(C)NC(=O)NCC(CC)CC(=O)O. The average Bonchev–Trinajstić information content (AvgIpc) is 2.34. The van der Waals surface area contributed by atoms with Gasteiger partial charge in [-0.15, -0.1) is 0 Å². The Labute approximate surface area is 119 Å². The van der Waals surface area contributed by atoms with Gasteiger partial charge in [-0.3, -0.25) is 4.79 Å². The summed E-state index contributed by atoms with van der Waals surface area (Å²) in [6.07, 6.45) is 1.78. The molecule has 0 rings (SSSR count). The Kier molecular flexibility index (Phi) is 10.4. The van der Waals surface area contributed by atoms with Crippen molar-refractivity contribution in [2.24, 2.45) is 5.92 Å². The number of nitrogens with one attached hydrogen (secondary N) is 2. The second kappa shape index (κ2) is 11.0. The van der Waals surface area contributed by atoms with E-state index < -0.39 is 5.97 Å². The molecule has 0 spiro atoms. The van der Waals surface area contributed by atoms with Crippen molar-refractivity contribution < 1.29 is 14.7 Å². The van der Waals surface area contributed by atoms with Crippen LogP contribution in [0.2, 0.25) is 0 Å². The Morgan fingerprint density at radius 3 is 2.53 bits per heavy atom. The lowest BCUT2D eigenvalue weighted by atomic mass is 10.0. The molecule has 0 aliphatic carbocycles. The van der Waals surface area contributed by atoms with Crippen molar-refractivity contribution >= 4 is 23.8 Å². The highest BCUT2D eigenvalue weighted by atomic mass is 32.2. The fourth-order valence-corrected chi connectivity index (χ4v) is 2.41. The molecule has 2 amide bonds. The molecule has 0 radical (unpaired) electrons. The largest absolute Gasteiger partial charge is 0.481 e. The van der Waals surface area contributed by atoms with Crippen LogP contribution in [0.25, 0.3) is 0 Å². The highest BCUT2D eigenvalue weighted by Crippen LogP contribution is 2.06. The van der Waals surface area contributed by atoms with Crippen molar-refractivity contribution in [1.29, 1.82) is 0 Å². The second-order valence-corrected chi connectivity index (χ2v) is 6.01. The summed E-state index contributed by atoms with van der Waals surface area (Å²) in [5.41, 5.74) is 0. The van der Waals surface area contributed by atoms with Gasteiger partial charge < -0.3 is 15.7 Å². The Morgan fingerprint density at radius 2 is 2.00 bits per heavy atom. The van der Waals surface area contributed by atoms with Crippen LogP contribution < -0.4 is 10.6 Å². The molecule has 0 saturated carbocycles. The van der Waals surface area contributed by atoms with E-state index in [9.17, 15) is 9.59 Å². The lowest BCUT2D eigenvalue weighted by molar-refractivity contribution is -0.138. The minimum Gasteiger partial charge on any atom is -0.481 e. The fourth-order valence-electron chi connectivity index (χ4n) is 1.60. The third kappa shape index (κ3) is 10.7. The minimum atomic E-state index is -0.820. The third-order valence-electron chi connectivity index (χ3n) is 2.87. The number of aliphatic carboxylic acids is 1. The smallest absolute Gasteiger partial charge is 0.315 e. The van der Waals surface area contributed by atoms with E-state index in [1.807, 2.05) is 25.6 Å². The highest BCUT2D eigenvalue weighted by Gasteiger charge is 2.13. The molecule has 0 fully saturated rings. The zero-order valence-corrected chi connectivity index (χ0v) is 12.9. The van der Waals surface area contributed by atoms with Gasteiger partial charge in [0.25, 0.3) is 0 Å². The number of urea groups is 1. The van der Waals surface area contributed by atoms with E-state index in [0.717, 1.165) is 24.3 Å². The van der Waals surface area contributed by atoms with Crippen molar-refractivity contribution in [1.82, 2.24) is 10.6 Å². The van der Waals surface area contributed by atoms with E-state index in [4.69, 9.17) is 5.11 Å². The van der Waals surface area contributed by atoms with Crippen LogP contribution in [0.3, 0.4) is 0 Å². The Bertz CT molecular complexity index is 275. The molecule has 0 bridgehead atoms. The zero-order valence-electron chi connectivity index (χ0n) is 12.1.